The van der Waals surface area contributed by atoms with Crippen LogP contribution in [0.1, 0.15) is 32.1 Å². The maximum Gasteiger partial charge on any atom is 0.255 e. The number of imidazole rings is 1. The molecule has 174 valence electrons. The molecule has 0 aliphatic carbocycles. The van der Waals surface area contributed by atoms with Crippen molar-refractivity contribution in [2.75, 3.05) is 17.2 Å². The van der Waals surface area contributed by atoms with Crippen LogP contribution in [0.15, 0.2) is 79.1 Å². The van der Waals surface area contributed by atoms with Crippen LogP contribution in [0.4, 0.5) is 11.4 Å². The number of aromatic amines is 1. The second-order valence-electron chi connectivity index (χ2n) is 7.45. The maximum absolute atomic E-state index is 12.7. The SMILES string of the molecule is N#Cc1ccc(C(=O)Nc2ccc(Cl)c(NC(=O)c3ccc(OCCc4ncc[nH]4)cc3)c2)cc1. The van der Waals surface area contributed by atoms with Gasteiger partial charge in [-0.2, -0.15) is 5.26 Å². The van der Waals surface area contributed by atoms with Crippen molar-refractivity contribution in [3.8, 4) is 11.8 Å². The van der Waals surface area contributed by atoms with Gasteiger partial charge in [-0.3, -0.25) is 9.59 Å². The van der Waals surface area contributed by atoms with Crippen molar-refractivity contribution in [1.29, 1.82) is 5.26 Å². The highest BCUT2D eigenvalue weighted by Gasteiger charge is 2.12. The molecule has 8 nitrogen and oxygen atoms in total. The normalized spacial score (nSPS) is 10.3. The van der Waals surface area contributed by atoms with E-state index in [0.29, 0.717) is 51.9 Å². The van der Waals surface area contributed by atoms with Gasteiger partial charge >= 0.3 is 0 Å². The number of ether oxygens (including phenoxy) is 1. The van der Waals surface area contributed by atoms with E-state index >= 15 is 0 Å². The molecule has 0 aliphatic heterocycles. The minimum atomic E-state index is -0.357. The third-order valence-electron chi connectivity index (χ3n) is 5.03. The number of nitrogens with zero attached hydrogens (tertiary/aromatic N) is 2. The van der Waals surface area contributed by atoms with Crippen LogP contribution >= 0.6 is 11.6 Å². The fourth-order valence-corrected chi connectivity index (χ4v) is 3.36. The number of halogens is 1. The summed E-state index contributed by atoms with van der Waals surface area (Å²) in [5.74, 6) is 0.771. The molecule has 0 fully saturated rings. The van der Waals surface area contributed by atoms with Crippen LogP contribution in [0.5, 0.6) is 5.75 Å². The number of rotatable bonds is 8. The van der Waals surface area contributed by atoms with Gasteiger partial charge in [-0.05, 0) is 66.7 Å². The molecule has 0 radical (unpaired) electrons. The van der Waals surface area contributed by atoms with Crippen molar-refractivity contribution < 1.29 is 14.3 Å². The first-order valence-electron chi connectivity index (χ1n) is 10.7. The number of anilines is 2. The van der Waals surface area contributed by atoms with Gasteiger partial charge in [0.1, 0.15) is 11.6 Å². The summed E-state index contributed by atoms with van der Waals surface area (Å²) in [5.41, 5.74) is 2.10. The van der Waals surface area contributed by atoms with Crippen LogP contribution in [0.25, 0.3) is 0 Å². The quantitative estimate of drug-likeness (QED) is 0.322. The predicted octanol–water partition coefficient (Wildman–Crippen LogP) is 5.06. The van der Waals surface area contributed by atoms with E-state index in [4.69, 9.17) is 21.6 Å². The number of nitrogens with one attached hydrogen (secondary N) is 3. The van der Waals surface area contributed by atoms with Gasteiger partial charge in [0.15, 0.2) is 0 Å². The summed E-state index contributed by atoms with van der Waals surface area (Å²) in [6.45, 7) is 0.454. The third-order valence-corrected chi connectivity index (χ3v) is 5.36. The van der Waals surface area contributed by atoms with Gasteiger partial charge < -0.3 is 20.4 Å². The number of carbonyl (C=O) groups is 2. The molecular formula is C26H20ClN5O3. The van der Waals surface area contributed by atoms with Crippen LogP contribution in [-0.2, 0) is 6.42 Å². The average Bonchev–Trinajstić information content (AvgIpc) is 3.40. The molecule has 0 aliphatic rings. The van der Waals surface area contributed by atoms with Gasteiger partial charge in [0.2, 0.25) is 0 Å². The van der Waals surface area contributed by atoms with Crippen LogP contribution in [0.3, 0.4) is 0 Å². The highest BCUT2D eigenvalue weighted by molar-refractivity contribution is 6.34. The topological polar surface area (TPSA) is 120 Å². The summed E-state index contributed by atoms with van der Waals surface area (Å²) in [7, 11) is 0. The molecule has 35 heavy (non-hydrogen) atoms. The van der Waals surface area contributed by atoms with Crippen molar-refractivity contribution in [1.82, 2.24) is 9.97 Å². The summed E-state index contributed by atoms with van der Waals surface area (Å²) in [4.78, 5) is 32.4. The van der Waals surface area contributed by atoms with Gasteiger partial charge in [0.25, 0.3) is 11.8 Å². The predicted molar refractivity (Wildman–Crippen MR) is 133 cm³/mol. The van der Waals surface area contributed by atoms with Crippen LogP contribution in [0, 0.1) is 11.3 Å². The second-order valence-corrected chi connectivity index (χ2v) is 7.86. The van der Waals surface area contributed by atoms with E-state index in [2.05, 4.69) is 20.6 Å². The van der Waals surface area contributed by atoms with E-state index < -0.39 is 0 Å². The Morgan fingerprint density at radius 2 is 1.66 bits per heavy atom. The molecule has 9 heteroatoms. The number of H-pyrrole nitrogens is 1. The van der Waals surface area contributed by atoms with Crippen LogP contribution in [-0.4, -0.2) is 28.4 Å². The second kappa shape index (κ2) is 11.0. The number of aromatic nitrogens is 2. The van der Waals surface area contributed by atoms with E-state index in [1.165, 1.54) is 0 Å². The fraction of sp³-hybridized carbons (Fsp3) is 0.0769. The number of carbonyl (C=O) groups excluding carboxylic acids is 2. The van der Waals surface area contributed by atoms with E-state index in [0.717, 1.165) is 5.82 Å². The molecule has 1 heterocycles. The Bertz CT molecular complexity index is 1360. The lowest BCUT2D eigenvalue weighted by molar-refractivity contribution is 0.101. The van der Waals surface area contributed by atoms with Gasteiger partial charge in [0, 0.05) is 35.6 Å². The number of benzene rings is 3. The molecule has 4 aromatic rings. The lowest BCUT2D eigenvalue weighted by Gasteiger charge is -2.11. The molecule has 0 unspecified atom stereocenters. The van der Waals surface area contributed by atoms with Crippen molar-refractivity contribution >= 4 is 34.8 Å². The smallest absolute Gasteiger partial charge is 0.255 e. The van der Waals surface area contributed by atoms with Crippen molar-refractivity contribution in [2.24, 2.45) is 0 Å². The van der Waals surface area contributed by atoms with Crippen molar-refractivity contribution in [3.63, 3.8) is 0 Å². The molecule has 3 aromatic carbocycles. The lowest BCUT2D eigenvalue weighted by atomic mass is 10.1. The first-order valence-corrected chi connectivity index (χ1v) is 11.0. The molecule has 4 rings (SSSR count). The number of hydrogen-bond donors (Lipinski definition) is 3. The highest BCUT2D eigenvalue weighted by Crippen LogP contribution is 2.27. The van der Waals surface area contributed by atoms with E-state index in [9.17, 15) is 9.59 Å². The minimum absolute atomic E-state index is 0.326. The molecule has 3 N–H and O–H groups in total. The Morgan fingerprint density at radius 1 is 0.971 bits per heavy atom. The first kappa shape index (κ1) is 23.5. The molecule has 0 atom stereocenters. The Labute approximate surface area is 206 Å². The monoisotopic (exact) mass is 485 g/mol. The standard InChI is InChI=1S/C26H20ClN5O3/c27-22-10-7-20(31-25(33)18-3-1-17(16-28)2-4-18)15-23(22)32-26(34)19-5-8-21(9-6-19)35-14-11-24-29-12-13-30-24/h1-10,12-13,15H,11,14H2,(H,29,30)(H,31,33)(H,32,34). The Balaban J connectivity index is 1.36. The van der Waals surface area contributed by atoms with Gasteiger partial charge in [-0.25, -0.2) is 4.98 Å². The summed E-state index contributed by atoms with van der Waals surface area (Å²) in [5, 5.41) is 14.7. The van der Waals surface area contributed by atoms with Gasteiger partial charge in [-0.15, -0.1) is 0 Å². The van der Waals surface area contributed by atoms with Gasteiger partial charge in [-0.1, -0.05) is 11.6 Å². The Hall–Kier alpha value is -4.61. The summed E-state index contributed by atoms with van der Waals surface area (Å²) in [6, 6.07) is 19.8. The van der Waals surface area contributed by atoms with Crippen molar-refractivity contribution in [2.45, 2.75) is 6.42 Å². The molecule has 0 bridgehead atoms. The van der Waals surface area contributed by atoms with E-state index in [1.54, 1.807) is 79.1 Å². The van der Waals surface area contributed by atoms with E-state index in [1.807, 2.05) is 6.07 Å². The molecular weight excluding hydrogens is 466 g/mol. The highest BCUT2D eigenvalue weighted by atomic mass is 35.5. The zero-order chi connectivity index (χ0) is 24.6. The molecule has 0 saturated heterocycles. The first-order chi connectivity index (χ1) is 17.0. The minimum Gasteiger partial charge on any atom is -0.493 e. The maximum atomic E-state index is 12.7. The summed E-state index contributed by atoms with van der Waals surface area (Å²) >= 11 is 6.25. The molecule has 1 aromatic heterocycles. The molecule has 2 amide bonds. The lowest BCUT2D eigenvalue weighted by Crippen LogP contribution is -2.14. The fourth-order valence-electron chi connectivity index (χ4n) is 3.20. The average molecular weight is 486 g/mol. The van der Waals surface area contributed by atoms with Crippen LogP contribution < -0.4 is 15.4 Å². The zero-order valence-electron chi connectivity index (χ0n) is 18.4. The largest absolute Gasteiger partial charge is 0.493 e. The summed E-state index contributed by atoms with van der Waals surface area (Å²) < 4.78 is 5.68. The van der Waals surface area contributed by atoms with E-state index in [-0.39, 0.29) is 11.8 Å². The molecule has 0 saturated carbocycles. The number of amides is 2. The summed E-state index contributed by atoms with van der Waals surface area (Å²) in [6.07, 6.45) is 4.09. The number of nitriles is 1. The number of hydrogen-bond acceptors (Lipinski definition) is 5. The van der Waals surface area contributed by atoms with Gasteiger partial charge in [0.05, 0.1) is 28.9 Å². The van der Waals surface area contributed by atoms with Crippen LogP contribution in [0.2, 0.25) is 5.02 Å². The Morgan fingerprint density at radius 3 is 2.31 bits per heavy atom. The zero-order valence-corrected chi connectivity index (χ0v) is 19.2. The third kappa shape index (κ3) is 6.25. The molecule has 0 spiro atoms. The Kier molecular flexibility index (Phi) is 7.40. The van der Waals surface area contributed by atoms with Crippen molar-refractivity contribution in [3.05, 3.63) is 107 Å².